The van der Waals surface area contributed by atoms with E-state index in [1.807, 2.05) is 6.07 Å². The molecule has 0 aromatic heterocycles. The second kappa shape index (κ2) is 8.32. The highest BCUT2D eigenvalue weighted by molar-refractivity contribution is 6.74. The molecular weight excluding hydrogens is 316 g/mol. The zero-order chi connectivity index (χ0) is 18.4. The molecule has 0 saturated heterocycles. The molecule has 3 nitrogen and oxygen atoms in total. The summed E-state index contributed by atoms with van der Waals surface area (Å²) < 4.78 is 11.3. The maximum Gasteiger partial charge on any atom is 0.236 e. The first-order chi connectivity index (χ1) is 11.1. The SMILES string of the molecule is C=CCc1c(OC)cccc1C(=O)C#CCO[Si](C)(C)C(C)(C)C. The summed E-state index contributed by atoms with van der Waals surface area (Å²) >= 11 is 0. The van der Waals surface area contributed by atoms with Crippen molar-refractivity contribution in [2.45, 2.75) is 45.3 Å². The summed E-state index contributed by atoms with van der Waals surface area (Å²) in [6.45, 7) is 14.9. The Balaban J connectivity index is 2.89. The number of allylic oxidation sites excluding steroid dienone is 1. The number of hydrogen-bond donors (Lipinski definition) is 0. The van der Waals surface area contributed by atoms with Crippen molar-refractivity contribution in [1.82, 2.24) is 0 Å². The number of Topliss-reactive ketones (excluding diaryl/α,β-unsaturated/α-hetero) is 1. The van der Waals surface area contributed by atoms with E-state index in [1.165, 1.54) is 0 Å². The molecular formula is C20H28O3Si. The standard InChI is InChI=1S/C20H28O3Si/c1-8-11-17-16(12-9-14-19(17)22-5)18(21)13-10-15-23-24(6,7)20(2,3)4/h8-9,12,14H,1,11,15H2,2-7H3. The van der Waals surface area contributed by atoms with Gasteiger partial charge < -0.3 is 9.16 Å². The van der Waals surface area contributed by atoms with Gasteiger partial charge in [-0.05, 0) is 42.6 Å². The highest BCUT2D eigenvalue weighted by Crippen LogP contribution is 2.36. The van der Waals surface area contributed by atoms with Gasteiger partial charge in [0.25, 0.3) is 0 Å². The lowest BCUT2D eigenvalue weighted by Gasteiger charge is -2.35. The Hall–Kier alpha value is -1.83. The van der Waals surface area contributed by atoms with Crippen molar-refractivity contribution in [3.05, 3.63) is 42.0 Å². The van der Waals surface area contributed by atoms with E-state index < -0.39 is 8.32 Å². The maximum atomic E-state index is 12.4. The van der Waals surface area contributed by atoms with Crippen LogP contribution in [0, 0.1) is 11.8 Å². The van der Waals surface area contributed by atoms with E-state index >= 15 is 0 Å². The third-order valence-electron chi connectivity index (χ3n) is 4.46. The normalized spacial score (nSPS) is 11.4. The average Bonchev–Trinajstić information content (AvgIpc) is 2.50. The van der Waals surface area contributed by atoms with Gasteiger partial charge >= 0.3 is 0 Å². The van der Waals surface area contributed by atoms with E-state index in [0.717, 1.165) is 5.56 Å². The fourth-order valence-corrected chi connectivity index (χ4v) is 2.81. The summed E-state index contributed by atoms with van der Waals surface area (Å²) in [4.78, 5) is 12.4. The minimum absolute atomic E-state index is 0.128. The predicted molar refractivity (Wildman–Crippen MR) is 102 cm³/mol. The van der Waals surface area contributed by atoms with Crippen molar-refractivity contribution in [2.75, 3.05) is 13.7 Å². The van der Waals surface area contributed by atoms with Crippen LogP contribution in [0.4, 0.5) is 0 Å². The van der Waals surface area contributed by atoms with Crippen LogP contribution < -0.4 is 4.74 Å². The van der Waals surface area contributed by atoms with Gasteiger partial charge in [-0.3, -0.25) is 4.79 Å². The number of benzene rings is 1. The van der Waals surface area contributed by atoms with Crippen LogP contribution in [0.25, 0.3) is 0 Å². The van der Waals surface area contributed by atoms with E-state index in [-0.39, 0.29) is 17.4 Å². The summed E-state index contributed by atoms with van der Waals surface area (Å²) in [6, 6.07) is 5.41. The number of ether oxygens (including phenoxy) is 1. The van der Waals surface area contributed by atoms with Crippen LogP contribution in [0.3, 0.4) is 0 Å². The van der Waals surface area contributed by atoms with Gasteiger partial charge in [-0.2, -0.15) is 0 Å². The zero-order valence-corrected chi connectivity index (χ0v) is 16.7. The molecule has 0 saturated carbocycles. The first-order valence-electron chi connectivity index (χ1n) is 8.08. The Morgan fingerprint density at radius 2 is 2.00 bits per heavy atom. The molecule has 0 atom stereocenters. The topological polar surface area (TPSA) is 35.5 Å². The Morgan fingerprint density at radius 1 is 1.33 bits per heavy atom. The Bertz CT molecular complexity index is 658. The summed E-state index contributed by atoms with van der Waals surface area (Å²) in [6.07, 6.45) is 2.32. The van der Waals surface area contributed by atoms with Gasteiger partial charge in [-0.15, -0.1) is 6.58 Å². The van der Waals surface area contributed by atoms with E-state index in [0.29, 0.717) is 17.7 Å². The quantitative estimate of drug-likeness (QED) is 0.248. The molecule has 0 fully saturated rings. The molecule has 130 valence electrons. The number of hydrogen-bond acceptors (Lipinski definition) is 3. The second-order valence-corrected chi connectivity index (χ2v) is 12.0. The largest absolute Gasteiger partial charge is 0.496 e. The molecule has 0 bridgehead atoms. The lowest BCUT2D eigenvalue weighted by Crippen LogP contribution is -2.40. The summed E-state index contributed by atoms with van der Waals surface area (Å²) in [5, 5.41) is 0.128. The highest BCUT2D eigenvalue weighted by Gasteiger charge is 2.36. The van der Waals surface area contributed by atoms with Crippen molar-refractivity contribution in [2.24, 2.45) is 0 Å². The third-order valence-corrected chi connectivity index (χ3v) is 8.94. The molecule has 1 rings (SSSR count). The van der Waals surface area contributed by atoms with Crippen molar-refractivity contribution in [3.8, 4) is 17.6 Å². The summed E-state index contributed by atoms with van der Waals surface area (Å²) in [5.74, 6) is 6.02. The van der Waals surface area contributed by atoms with Crippen LogP contribution in [0.1, 0.15) is 36.7 Å². The first-order valence-corrected chi connectivity index (χ1v) is 11.0. The van der Waals surface area contributed by atoms with Crippen LogP contribution in [0.15, 0.2) is 30.9 Å². The molecule has 0 amide bonds. The molecule has 1 aromatic rings. The fraction of sp³-hybridized carbons (Fsp3) is 0.450. The number of carbonyl (C=O) groups is 1. The zero-order valence-electron chi connectivity index (χ0n) is 15.7. The lowest BCUT2D eigenvalue weighted by molar-refractivity contribution is 0.105. The maximum absolute atomic E-state index is 12.4. The molecule has 0 aliphatic heterocycles. The molecule has 1 aromatic carbocycles. The molecule has 0 aliphatic rings. The van der Waals surface area contributed by atoms with Gasteiger partial charge in [0.05, 0.1) is 13.7 Å². The van der Waals surface area contributed by atoms with E-state index in [4.69, 9.17) is 9.16 Å². The van der Waals surface area contributed by atoms with E-state index in [1.54, 1.807) is 25.3 Å². The van der Waals surface area contributed by atoms with Crippen LogP contribution in [-0.2, 0) is 10.8 Å². The molecule has 0 radical (unpaired) electrons. The first kappa shape index (κ1) is 20.2. The Morgan fingerprint density at radius 3 is 2.54 bits per heavy atom. The smallest absolute Gasteiger partial charge is 0.236 e. The van der Waals surface area contributed by atoms with Gasteiger partial charge in [0, 0.05) is 11.1 Å². The number of rotatable bonds is 6. The van der Waals surface area contributed by atoms with Gasteiger partial charge in [-0.1, -0.05) is 38.8 Å². The molecule has 24 heavy (non-hydrogen) atoms. The number of ketones is 1. The second-order valence-electron chi connectivity index (χ2n) is 7.16. The van der Waals surface area contributed by atoms with Gasteiger partial charge in [0.2, 0.25) is 5.78 Å². The van der Waals surface area contributed by atoms with Gasteiger partial charge in [0.15, 0.2) is 8.32 Å². The van der Waals surface area contributed by atoms with Crippen LogP contribution in [0.2, 0.25) is 18.1 Å². The summed E-state index contributed by atoms with van der Waals surface area (Å²) in [7, 11) is -0.249. The van der Waals surface area contributed by atoms with Crippen LogP contribution in [0.5, 0.6) is 5.75 Å². The van der Waals surface area contributed by atoms with Gasteiger partial charge in [-0.25, -0.2) is 0 Å². The van der Waals surface area contributed by atoms with E-state index in [9.17, 15) is 4.79 Å². The lowest BCUT2D eigenvalue weighted by atomic mass is 10.00. The molecule has 0 aliphatic carbocycles. The number of methoxy groups -OCH3 is 1. The molecule has 0 N–H and O–H groups in total. The van der Waals surface area contributed by atoms with Gasteiger partial charge in [0.1, 0.15) is 5.75 Å². The Labute approximate surface area is 147 Å². The monoisotopic (exact) mass is 344 g/mol. The van der Waals surface area contributed by atoms with Crippen molar-refractivity contribution in [3.63, 3.8) is 0 Å². The molecule has 0 unspecified atom stereocenters. The predicted octanol–water partition coefficient (Wildman–Crippen LogP) is 4.63. The molecule has 0 spiro atoms. The van der Waals surface area contributed by atoms with E-state index in [2.05, 4.69) is 52.3 Å². The van der Waals surface area contributed by atoms with Crippen LogP contribution in [-0.4, -0.2) is 27.8 Å². The van der Waals surface area contributed by atoms with Crippen molar-refractivity contribution in [1.29, 1.82) is 0 Å². The minimum Gasteiger partial charge on any atom is -0.496 e. The third kappa shape index (κ3) is 5.09. The molecule has 4 heteroatoms. The Kier molecular flexibility index (Phi) is 7.01. The van der Waals surface area contributed by atoms with Crippen molar-refractivity contribution < 1.29 is 14.0 Å². The number of carbonyl (C=O) groups excluding carboxylic acids is 1. The average molecular weight is 345 g/mol. The fourth-order valence-electron chi connectivity index (χ4n) is 1.94. The van der Waals surface area contributed by atoms with Crippen LogP contribution >= 0.6 is 0 Å². The molecule has 0 heterocycles. The summed E-state index contributed by atoms with van der Waals surface area (Å²) in [5.41, 5.74) is 1.38. The van der Waals surface area contributed by atoms with Crippen molar-refractivity contribution >= 4 is 14.1 Å². The highest BCUT2D eigenvalue weighted by atomic mass is 28.4. The minimum atomic E-state index is -1.84.